The van der Waals surface area contributed by atoms with Crippen LogP contribution in [0.3, 0.4) is 0 Å². The van der Waals surface area contributed by atoms with Gasteiger partial charge in [-0.3, -0.25) is 14.4 Å². The van der Waals surface area contributed by atoms with E-state index in [0.29, 0.717) is 29.9 Å². The molecule has 0 radical (unpaired) electrons. The van der Waals surface area contributed by atoms with E-state index in [1.807, 2.05) is 13.0 Å². The second-order valence-corrected chi connectivity index (χ2v) is 6.26. The van der Waals surface area contributed by atoms with E-state index >= 15 is 0 Å². The van der Waals surface area contributed by atoms with Crippen molar-refractivity contribution >= 4 is 40.5 Å². The van der Waals surface area contributed by atoms with Gasteiger partial charge in [0, 0.05) is 35.6 Å². The van der Waals surface area contributed by atoms with Crippen LogP contribution in [0.2, 0.25) is 0 Å². The van der Waals surface area contributed by atoms with Crippen molar-refractivity contribution in [2.24, 2.45) is 0 Å². The molecule has 0 aliphatic rings. The Balaban J connectivity index is 1.96. The highest BCUT2D eigenvalue weighted by molar-refractivity contribution is 5.97. The molecule has 2 aromatic carbocycles. The fourth-order valence-electron chi connectivity index (χ4n) is 2.48. The molecule has 148 valence electrons. The van der Waals surface area contributed by atoms with Crippen LogP contribution in [-0.4, -0.2) is 24.3 Å². The van der Waals surface area contributed by atoms with Crippen LogP contribution in [0.5, 0.6) is 0 Å². The highest BCUT2D eigenvalue weighted by Crippen LogP contribution is 2.23. The summed E-state index contributed by atoms with van der Waals surface area (Å²) in [5.74, 6) is -0.367. The number of carbonyl (C=O) groups is 3. The van der Waals surface area contributed by atoms with Gasteiger partial charge < -0.3 is 21.3 Å². The third-order valence-electron chi connectivity index (χ3n) is 4.12. The normalized spacial score (nSPS) is 10.1. The second kappa shape index (κ2) is 10.1. The second-order valence-electron chi connectivity index (χ2n) is 6.26. The molecule has 7 nitrogen and oxygen atoms in total. The first-order valence-corrected chi connectivity index (χ1v) is 9.26. The summed E-state index contributed by atoms with van der Waals surface area (Å²) in [6.07, 6.45) is 0.787. The largest absolute Gasteiger partial charge is 0.376 e. The monoisotopic (exact) mass is 382 g/mol. The van der Waals surface area contributed by atoms with Gasteiger partial charge in [0.2, 0.25) is 17.7 Å². The van der Waals surface area contributed by atoms with E-state index in [2.05, 4.69) is 21.3 Å². The van der Waals surface area contributed by atoms with Crippen molar-refractivity contribution in [1.82, 2.24) is 0 Å². The van der Waals surface area contributed by atoms with Crippen molar-refractivity contribution in [3.05, 3.63) is 48.0 Å². The van der Waals surface area contributed by atoms with Gasteiger partial charge in [-0.15, -0.1) is 0 Å². The van der Waals surface area contributed by atoms with E-state index < -0.39 is 0 Å². The maximum Gasteiger partial charge on any atom is 0.243 e. The summed E-state index contributed by atoms with van der Waals surface area (Å²) in [4.78, 5) is 35.4. The molecule has 2 aromatic rings. The number of amides is 3. The average molecular weight is 382 g/mol. The molecule has 0 aliphatic carbocycles. The number of rotatable bonds is 8. The number of carbonyl (C=O) groups excluding carboxylic acids is 3. The number of hydrogen-bond acceptors (Lipinski definition) is 4. The van der Waals surface area contributed by atoms with E-state index in [-0.39, 0.29) is 24.3 Å². The Kier molecular flexibility index (Phi) is 7.56. The number of benzene rings is 2. The Hall–Kier alpha value is -3.35. The van der Waals surface area contributed by atoms with Gasteiger partial charge in [0.05, 0.1) is 6.54 Å². The Morgan fingerprint density at radius 1 is 0.750 bits per heavy atom. The van der Waals surface area contributed by atoms with Gasteiger partial charge in [0.1, 0.15) is 0 Å². The zero-order valence-corrected chi connectivity index (χ0v) is 16.4. The third-order valence-corrected chi connectivity index (χ3v) is 4.12. The molecule has 0 aromatic heterocycles. The molecular weight excluding hydrogens is 356 g/mol. The topological polar surface area (TPSA) is 99.3 Å². The summed E-state index contributed by atoms with van der Waals surface area (Å²) in [5, 5.41) is 11.5. The van der Waals surface area contributed by atoms with Gasteiger partial charge in [-0.05, 0) is 42.8 Å². The Bertz CT molecular complexity index is 864. The fraction of sp³-hybridized carbons (Fsp3) is 0.286. The minimum absolute atomic E-state index is 0.0656. The van der Waals surface area contributed by atoms with Gasteiger partial charge in [0.15, 0.2) is 0 Å². The van der Waals surface area contributed by atoms with E-state index in [1.54, 1.807) is 50.2 Å². The summed E-state index contributed by atoms with van der Waals surface area (Å²) < 4.78 is 0. The Morgan fingerprint density at radius 3 is 1.93 bits per heavy atom. The first-order valence-electron chi connectivity index (χ1n) is 9.26. The van der Waals surface area contributed by atoms with Crippen molar-refractivity contribution in [2.75, 3.05) is 27.8 Å². The molecule has 0 bridgehead atoms. The predicted octanol–water partition coefficient (Wildman–Crippen LogP) is 3.74. The summed E-state index contributed by atoms with van der Waals surface area (Å²) >= 11 is 0. The van der Waals surface area contributed by atoms with Gasteiger partial charge in [0.25, 0.3) is 0 Å². The molecule has 7 heteroatoms. The lowest BCUT2D eigenvalue weighted by atomic mass is 10.1. The molecule has 4 N–H and O–H groups in total. The van der Waals surface area contributed by atoms with Crippen LogP contribution < -0.4 is 21.3 Å². The minimum Gasteiger partial charge on any atom is -0.376 e. The lowest BCUT2D eigenvalue weighted by molar-refractivity contribution is -0.116. The highest BCUT2D eigenvalue weighted by atomic mass is 16.2. The van der Waals surface area contributed by atoms with Crippen LogP contribution in [0.1, 0.15) is 32.3 Å². The fourth-order valence-corrected chi connectivity index (χ4v) is 2.48. The lowest BCUT2D eigenvalue weighted by Crippen LogP contribution is -2.22. The zero-order chi connectivity index (χ0) is 20.5. The molecule has 0 spiro atoms. The van der Waals surface area contributed by atoms with Crippen molar-refractivity contribution in [3.63, 3.8) is 0 Å². The molecular formula is C21H26N4O3. The molecule has 28 heavy (non-hydrogen) atoms. The molecule has 3 amide bonds. The lowest BCUT2D eigenvalue weighted by Gasteiger charge is -2.14. The van der Waals surface area contributed by atoms with Crippen molar-refractivity contribution in [2.45, 2.75) is 33.6 Å². The maximum absolute atomic E-state index is 12.3. The maximum atomic E-state index is 12.3. The minimum atomic E-state index is -0.218. The summed E-state index contributed by atoms with van der Waals surface area (Å²) in [6.45, 7) is 5.47. The van der Waals surface area contributed by atoms with Gasteiger partial charge in [-0.25, -0.2) is 0 Å². The van der Waals surface area contributed by atoms with E-state index in [1.165, 1.54) is 0 Å². The van der Waals surface area contributed by atoms with Crippen molar-refractivity contribution < 1.29 is 14.4 Å². The van der Waals surface area contributed by atoms with Gasteiger partial charge >= 0.3 is 0 Å². The molecule has 0 saturated heterocycles. The SMILES string of the molecule is CCC(=O)Nc1cccc(NCC(=O)Nc2cccc(NC(=O)CC)c2C)c1. The Labute approximate surface area is 164 Å². The molecule has 0 aliphatic heterocycles. The van der Waals surface area contributed by atoms with Gasteiger partial charge in [-0.2, -0.15) is 0 Å². The predicted molar refractivity (Wildman–Crippen MR) is 113 cm³/mol. The van der Waals surface area contributed by atoms with Crippen LogP contribution in [0.25, 0.3) is 0 Å². The summed E-state index contributed by atoms with van der Waals surface area (Å²) in [6, 6.07) is 12.5. The number of hydrogen-bond donors (Lipinski definition) is 4. The van der Waals surface area contributed by atoms with E-state index in [4.69, 9.17) is 0 Å². The molecule has 0 atom stereocenters. The third kappa shape index (κ3) is 6.12. The Morgan fingerprint density at radius 2 is 1.29 bits per heavy atom. The number of nitrogens with one attached hydrogen (secondary N) is 4. The van der Waals surface area contributed by atoms with Crippen LogP contribution >= 0.6 is 0 Å². The highest BCUT2D eigenvalue weighted by Gasteiger charge is 2.09. The molecule has 0 heterocycles. The van der Waals surface area contributed by atoms with Crippen LogP contribution in [0.15, 0.2) is 42.5 Å². The average Bonchev–Trinajstić information content (AvgIpc) is 2.69. The molecule has 0 fully saturated rings. The van der Waals surface area contributed by atoms with Crippen LogP contribution in [0, 0.1) is 6.92 Å². The molecule has 2 rings (SSSR count). The van der Waals surface area contributed by atoms with Gasteiger partial charge in [-0.1, -0.05) is 26.0 Å². The number of anilines is 4. The summed E-state index contributed by atoms with van der Waals surface area (Å²) in [5.41, 5.74) is 3.51. The molecule has 0 unspecified atom stereocenters. The standard InChI is InChI=1S/C21H26N4O3/c1-4-19(26)23-16-9-6-8-15(12-16)22-13-21(28)25-18-11-7-10-17(14(18)3)24-20(27)5-2/h6-12,22H,4-5,13H2,1-3H3,(H,23,26)(H,24,27)(H,25,28). The van der Waals surface area contributed by atoms with Crippen molar-refractivity contribution in [1.29, 1.82) is 0 Å². The summed E-state index contributed by atoms with van der Waals surface area (Å²) in [7, 11) is 0. The zero-order valence-electron chi connectivity index (χ0n) is 16.4. The van der Waals surface area contributed by atoms with Crippen LogP contribution in [-0.2, 0) is 14.4 Å². The smallest absolute Gasteiger partial charge is 0.243 e. The van der Waals surface area contributed by atoms with Crippen LogP contribution in [0.4, 0.5) is 22.7 Å². The van der Waals surface area contributed by atoms with Crippen molar-refractivity contribution in [3.8, 4) is 0 Å². The van der Waals surface area contributed by atoms with E-state index in [0.717, 1.165) is 11.3 Å². The first kappa shape index (κ1) is 21.0. The van der Waals surface area contributed by atoms with E-state index in [9.17, 15) is 14.4 Å². The quantitative estimate of drug-likeness (QED) is 0.559. The first-order chi connectivity index (χ1) is 13.4. The molecule has 0 saturated carbocycles.